The van der Waals surface area contributed by atoms with Gasteiger partial charge in [-0.3, -0.25) is 0 Å². The Hall–Kier alpha value is -0.0800. The highest BCUT2D eigenvalue weighted by Crippen LogP contribution is 1.33. The van der Waals surface area contributed by atoms with Gasteiger partial charge in [-0.15, -0.1) is 0 Å². The summed E-state index contributed by atoms with van der Waals surface area (Å²) in [6.45, 7) is 0.472. The molecule has 0 atom stereocenters. The van der Waals surface area contributed by atoms with Crippen LogP contribution in [0.3, 0.4) is 0 Å². The van der Waals surface area contributed by atoms with Gasteiger partial charge < -0.3 is 10.8 Å². The third kappa shape index (κ3) is 17.1. The van der Waals surface area contributed by atoms with Gasteiger partial charge in [0.2, 0.25) is 0 Å². The van der Waals surface area contributed by atoms with E-state index in [1.54, 1.807) is 0 Å². The van der Waals surface area contributed by atoms with Crippen molar-refractivity contribution < 1.29 is 5.11 Å². The maximum atomic E-state index is 7.75. The molecule has 0 saturated heterocycles. The molecule has 0 rings (SSSR count). The molecular weight excluding hydrogens is 66.0 g/mol. The van der Waals surface area contributed by atoms with E-state index in [1.807, 2.05) is 0 Å². The van der Waals surface area contributed by atoms with Gasteiger partial charge in [-0.1, -0.05) is 0 Å². The molecule has 0 aliphatic heterocycles. The lowest BCUT2D eigenvalue weighted by Crippen LogP contribution is -2.02. The molecule has 0 aromatic carbocycles. The molecule has 3 N–H and O–H groups in total. The molecule has 0 aromatic heterocycles. The van der Waals surface area contributed by atoms with E-state index >= 15 is 0 Å². The van der Waals surface area contributed by atoms with Gasteiger partial charge in [-0.25, -0.2) is 0 Å². The van der Waals surface area contributed by atoms with Crippen molar-refractivity contribution in [2.24, 2.45) is 5.73 Å². The van der Waals surface area contributed by atoms with E-state index in [-0.39, 0.29) is 14.0 Å². The van der Waals surface area contributed by atoms with E-state index in [2.05, 4.69) is 0 Å². The van der Waals surface area contributed by atoms with E-state index in [1.165, 1.54) is 0 Å². The molecule has 0 aliphatic rings. The average Bonchev–Trinajstić information content (AvgIpc) is 1.37. The highest BCUT2D eigenvalue weighted by Gasteiger charge is 1.56. The van der Waals surface area contributed by atoms with Crippen LogP contribution in [-0.2, 0) is 0 Å². The average molecular weight is 73.1 g/mol. The minimum atomic E-state index is 0. The SMILES string of the molecule is NCCO.[C]. The smallest absolute Gasteiger partial charge is 0.0553 e. The maximum absolute atomic E-state index is 7.75. The van der Waals surface area contributed by atoms with Crippen molar-refractivity contribution in [1.29, 1.82) is 0 Å². The van der Waals surface area contributed by atoms with Gasteiger partial charge in [0.05, 0.1) is 6.61 Å². The molecule has 0 fully saturated rings. The third-order valence-corrected chi connectivity index (χ3v) is 0.129. The largest absolute Gasteiger partial charge is 0.395 e. The molecule has 30 valence electrons. The summed E-state index contributed by atoms with van der Waals surface area (Å²) in [6, 6.07) is 0. The fraction of sp³-hybridized carbons (Fsp3) is 0.667. The first-order valence-corrected chi connectivity index (χ1v) is 1.22. The monoisotopic (exact) mass is 73.1 g/mol. The lowest BCUT2D eigenvalue weighted by atomic mass is 10.8. The van der Waals surface area contributed by atoms with Crippen LogP contribution in [0, 0.1) is 7.43 Å². The molecule has 0 aliphatic carbocycles. The lowest BCUT2D eigenvalue weighted by Gasteiger charge is -1.71. The zero-order chi connectivity index (χ0) is 3.41. The standard InChI is InChI=1S/C2H7NO.C/c3-1-2-4;/h4H,1-3H2;. The minimum Gasteiger partial charge on any atom is -0.395 e. The van der Waals surface area contributed by atoms with Gasteiger partial charge in [0.15, 0.2) is 0 Å². The Morgan fingerprint density at radius 3 is 1.80 bits per heavy atom. The first-order chi connectivity index (χ1) is 1.91. The predicted octanol–water partition coefficient (Wildman–Crippen LogP) is -0.981. The van der Waals surface area contributed by atoms with Crippen molar-refractivity contribution in [2.45, 2.75) is 0 Å². The van der Waals surface area contributed by atoms with Crippen LogP contribution in [0.2, 0.25) is 0 Å². The fourth-order valence-corrected chi connectivity index (χ4v) is 0. The normalized spacial score (nSPS) is 6.00. The summed E-state index contributed by atoms with van der Waals surface area (Å²) in [5.74, 6) is 0. The molecule has 0 aromatic rings. The van der Waals surface area contributed by atoms with Crippen molar-refractivity contribution in [3.05, 3.63) is 7.43 Å². The second-order valence-electron chi connectivity index (χ2n) is 0.512. The summed E-state index contributed by atoms with van der Waals surface area (Å²) >= 11 is 0. The van der Waals surface area contributed by atoms with Crippen molar-refractivity contribution in [3.63, 3.8) is 0 Å². The second-order valence-corrected chi connectivity index (χ2v) is 0.512. The number of nitrogens with two attached hydrogens (primary N) is 1. The number of aliphatic hydroxyl groups excluding tert-OH is 1. The quantitative estimate of drug-likeness (QED) is 0.419. The number of hydrogen-bond donors (Lipinski definition) is 2. The van der Waals surface area contributed by atoms with Gasteiger partial charge in [0, 0.05) is 14.0 Å². The van der Waals surface area contributed by atoms with Crippen molar-refractivity contribution in [2.75, 3.05) is 13.2 Å². The van der Waals surface area contributed by atoms with Gasteiger partial charge in [-0.05, 0) is 0 Å². The van der Waals surface area contributed by atoms with Crippen molar-refractivity contribution >= 4 is 0 Å². The van der Waals surface area contributed by atoms with Crippen LogP contribution in [0.15, 0.2) is 0 Å². The highest BCUT2D eigenvalue weighted by atomic mass is 16.3. The summed E-state index contributed by atoms with van der Waals surface area (Å²) in [5, 5.41) is 7.75. The summed E-state index contributed by atoms with van der Waals surface area (Å²) in [6.07, 6.45) is 0. The van der Waals surface area contributed by atoms with E-state index in [9.17, 15) is 0 Å². The van der Waals surface area contributed by atoms with E-state index in [0.29, 0.717) is 6.54 Å². The zero-order valence-corrected chi connectivity index (χ0v) is 2.94. The number of rotatable bonds is 1. The summed E-state index contributed by atoms with van der Waals surface area (Å²) in [7, 11) is 0. The Labute approximate surface area is 32.6 Å². The molecule has 0 unspecified atom stereocenters. The number of aliphatic hydroxyl groups is 1. The summed E-state index contributed by atoms with van der Waals surface area (Å²) in [5.41, 5.74) is 4.78. The predicted molar refractivity (Wildman–Crippen MR) is 19.4 cm³/mol. The maximum Gasteiger partial charge on any atom is 0.0553 e. The lowest BCUT2D eigenvalue weighted by molar-refractivity contribution is 0.306. The first-order valence-electron chi connectivity index (χ1n) is 1.22. The van der Waals surface area contributed by atoms with Crippen LogP contribution < -0.4 is 5.73 Å². The van der Waals surface area contributed by atoms with E-state index in [0.717, 1.165) is 0 Å². The van der Waals surface area contributed by atoms with Crippen LogP contribution in [0.5, 0.6) is 0 Å². The van der Waals surface area contributed by atoms with E-state index in [4.69, 9.17) is 10.8 Å². The topological polar surface area (TPSA) is 46.2 Å². The molecule has 0 saturated carbocycles. The van der Waals surface area contributed by atoms with Crippen LogP contribution in [-0.4, -0.2) is 18.3 Å². The van der Waals surface area contributed by atoms with Gasteiger partial charge in [0.25, 0.3) is 0 Å². The molecule has 0 heterocycles. The van der Waals surface area contributed by atoms with E-state index < -0.39 is 0 Å². The molecule has 2 heteroatoms. The Bertz CT molecular complexity index is 8.85. The first kappa shape index (κ1) is 8.87. The minimum absolute atomic E-state index is 0. The van der Waals surface area contributed by atoms with Gasteiger partial charge in [0.1, 0.15) is 0 Å². The van der Waals surface area contributed by atoms with Crippen LogP contribution in [0.25, 0.3) is 0 Å². The second kappa shape index (κ2) is 9.07. The van der Waals surface area contributed by atoms with Gasteiger partial charge in [-0.2, -0.15) is 0 Å². The van der Waals surface area contributed by atoms with Crippen LogP contribution >= 0.6 is 0 Å². The molecule has 0 spiro atoms. The van der Waals surface area contributed by atoms with Crippen molar-refractivity contribution in [3.8, 4) is 0 Å². The molecule has 0 bridgehead atoms. The zero-order valence-electron chi connectivity index (χ0n) is 2.94. The number of hydrogen-bond acceptors (Lipinski definition) is 2. The van der Waals surface area contributed by atoms with Gasteiger partial charge >= 0.3 is 0 Å². The van der Waals surface area contributed by atoms with Crippen LogP contribution in [0.4, 0.5) is 0 Å². The molecule has 0 amide bonds. The van der Waals surface area contributed by atoms with Crippen molar-refractivity contribution in [1.82, 2.24) is 0 Å². The Morgan fingerprint density at radius 1 is 1.60 bits per heavy atom. The third-order valence-electron chi connectivity index (χ3n) is 0.129. The summed E-state index contributed by atoms with van der Waals surface area (Å²) in [4.78, 5) is 0. The molecule has 2 nitrogen and oxygen atoms in total. The fourth-order valence-electron chi connectivity index (χ4n) is 0. The molecular formula is C3H7NO. The van der Waals surface area contributed by atoms with Crippen LogP contribution in [0.1, 0.15) is 0 Å². The molecule has 4 radical (unpaired) electrons. The highest BCUT2D eigenvalue weighted by molar-refractivity contribution is 4.17. The Kier molecular flexibility index (Phi) is 16.1. The summed E-state index contributed by atoms with van der Waals surface area (Å²) < 4.78 is 0. The Morgan fingerprint density at radius 2 is 1.80 bits per heavy atom. The Balaban J connectivity index is 0. The molecule has 5 heavy (non-hydrogen) atoms.